The van der Waals surface area contributed by atoms with Gasteiger partial charge in [0.2, 0.25) is 0 Å². The first-order valence-corrected chi connectivity index (χ1v) is 5.95. The molecule has 1 atom stereocenters. The minimum Gasteiger partial charge on any atom is -0.308 e. The van der Waals surface area contributed by atoms with Gasteiger partial charge in [-0.25, -0.2) is 9.07 Å². The van der Waals surface area contributed by atoms with E-state index in [0.717, 1.165) is 6.54 Å². The van der Waals surface area contributed by atoms with Gasteiger partial charge in [-0.2, -0.15) is 0 Å². The predicted octanol–water partition coefficient (Wildman–Crippen LogP) is 1.53. The Labute approximate surface area is 105 Å². The number of rotatable bonds is 5. The molecule has 6 heteroatoms. The molecule has 0 saturated carbocycles. The second-order valence-electron chi connectivity index (χ2n) is 4.07. The molecular weight excluding hydrogens is 233 g/mol. The van der Waals surface area contributed by atoms with Crippen molar-refractivity contribution < 1.29 is 4.39 Å². The number of nitrogens with zero attached hydrogens (tertiary/aromatic N) is 4. The van der Waals surface area contributed by atoms with Crippen LogP contribution < -0.4 is 5.32 Å². The summed E-state index contributed by atoms with van der Waals surface area (Å²) >= 11 is 0. The molecule has 2 rings (SSSR count). The van der Waals surface area contributed by atoms with E-state index in [1.54, 1.807) is 22.9 Å². The van der Waals surface area contributed by atoms with Crippen LogP contribution in [0.5, 0.6) is 0 Å². The second kappa shape index (κ2) is 5.68. The summed E-state index contributed by atoms with van der Waals surface area (Å²) in [5, 5.41) is 14.8. The first-order chi connectivity index (χ1) is 8.72. The van der Waals surface area contributed by atoms with E-state index in [2.05, 4.69) is 20.8 Å². The summed E-state index contributed by atoms with van der Waals surface area (Å²) in [6, 6.07) is 6.68. The van der Waals surface area contributed by atoms with Gasteiger partial charge in [-0.1, -0.05) is 25.1 Å². The molecule has 18 heavy (non-hydrogen) atoms. The molecule has 0 amide bonds. The summed E-state index contributed by atoms with van der Waals surface area (Å²) in [5.41, 5.74) is 0.578. The van der Waals surface area contributed by atoms with E-state index >= 15 is 0 Å². The maximum Gasteiger partial charge on any atom is 0.168 e. The van der Waals surface area contributed by atoms with Crippen molar-refractivity contribution in [1.82, 2.24) is 25.5 Å². The van der Waals surface area contributed by atoms with Crippen LogP contribution in [0.15, 0.2) is 24.3 Å². The lowest BCUT2D eigenvalue weighted by atomic mass is 10.2. The average Bonchev–Trinajstić information content (AvgIpc) is 2.81. The third-order valence-electron chi connectivity index (χ3n) is 2.74. The van der Waals surface area contributed by atoms with Gasteiger partial charge in [0.25, 0.3) is 0 Å². The number of hydrogen-bond acceptors (Lipinski definition) is 4. The highest BCUT2D eigenvalue weighted by atomic mass is 19.1. The molecule has 1 N–H and O–H groups in total. The van der Waals surface area contributed by atoms with E-state index < -0.39 is 0 Å². The largest absolute Gasteiger partial charge is 0.308 e. The monoisotopic (exact) mass is 249 g/mol. The van der Waals surface area contributed by atoms with Crippen LogP contribution in [0.4, 0.5) is 4.39 Å². The van der Waals surface area contributed by atoms with Gasteiger partial charge in [0.05, 0.1) is 12.6 Å². The highest BCUT2D eigenvalue weighted by Gasteiger charge is 2.14. The molecule has 1 heterocycles. The molecule has 5 nitrogen and oxygen atoms in total. The normalized spacial score (nSPS) is 12.6. The minimum atomic E-state index is -0.241. The molecule has 1 aromatic carbocycles. The van der Waals surface area contributed by atoms with Gasteiger partial charge in [0.1, 0.15) is 5.82 Å². The van der Waals surface area contributed by atoms with Crippen LogP contribution in [-0.2, 0) is 6.54 Å². The SMILES string of the molecule is CCNC(C)c1nnnn1Cc1ccccc1F. The Morgan fingerprint density at radius 3 is 2.89 bits per heavy atom. The molecule has 0 aliphatic rings. The third-order valence-corrected chi connectivity index (χ3v) is 2.74. The first kappa shape index (κ1) is 12.6. The quantitative estimate of drug-likeness (QED) is 0.873. The Morgan fingerprint density at radius 1 is 1.39 bits per heavy atom. The summed E-state index contributed by atoms with van der Waals surface area (Å²) < 4.78 is 15.2. The lowest BCUT2D eigenvalue weighted by Crippen LogP contribution is -2.22. The van der Waals surface area contributed by atoms with Crippen LogP contribution in [0.1, 0.15) is 31.3 Å². The van der Waals surface area contributed by atoms with Crippen molar-refractivity contribution in [2.45, 2.75) is 26.4 Å². The molecule has 2 aromatic rings. The lowest BCUT2D eigenvalue weighted by molar-refractivity contribution is 0.507. The number of tetrazole rings is 1. The van der Waals surface area contributed by atoms with Crippen LogP contribution >= 0.6 is 0 Å². The molecule has 1 aromatic heterocycles. The van der Waals surface area contributed by atoms with Gasteiger partial charge in [-0.3, -0.25) is 0 Å². The van der Waals surface area contributed by atoms with E-state index in [4.69, 9.17) is 0 Å². The van der Waals surface area contributed by atoms with Crippen molar-refractivity contribution in [2.24, 2.45) is 0 Å². The van der Waals surface area contributed by atoms with Crippen molar-refractivity contribution in [3.63, 3.8) is 0 Å². The predicted molar refractivity (Wildman–Crippen MR) is 65.4 cm³/mol. The number of aromatic nitrogens is 4. The van der Waals surface area contributed by atoms with E-state index in [-0.39, 0.29) is 11.9 Å². The van der Waals surface area contributed by atoms with Gasteiger partial charge >= 0.3 is 0 Å². The molecule has 0 aliphatic heterocycles. The number of hydrogen-bond donors (Lipinski definition) is 1. The zero-order chi connectivity index (χ0) is 13.0. The summed E-state index contributed by atoms with van der Waals surface area (Å²) in [4.78, 5) is 0. The Bertz CT molecular complexity index is 511. The Balaban J connectivity index is 2.20. The fourth-order valence-corrected chi connectivity index (χ4v) is 1.82. The molecule has 0 saturated heterocycles. The van der Waals surface area contributed by atoms with E-state index in [9.17, 15) is 4.39 Å². The van der Waals surface area contributed by atoms with Crippen molar-refractivity contribution >= 4 is 0 Å². The van der Waals surface area contributed by atoms with Crippen LogP contribution in [0.3, 0.4) is 0 Å². The highest BCUT2D eigenvalue weighted by molar-refractivity contribution is 5.17. The number of benzene rings is 1. The van der Waals surface area contributed by atoms with Gasteiger partial charge < -0.3 is 5.32 Å². The topological polar surface area (TPSA) is 55.6 Å². The van der Waals surface area contributed by atoms with Crippen molar-refractivity contribution in [1.29, 1.82) is 0 Å². The van der Waals surface area contributed by atoms with Gasteiger partial charge in [-0.15, -0.1) is 5.10 Å². The minimum absolute atomic E-state index is 0.0387. The third kappa shape index (κ3) is 2.70. The Morgan fingerprint density at radius 2 is 2.17 bits per heavy atom. The van der Waals surface area contributed by atoms with Crippen molar-refractivity contribution in [2.75, 3.05) is 6.54 Å². The maximum atomic E-state index is 13.6. The van der Waals surface area contributed by atoms with Crippen LogP contribution in [0, 0.1) is 5.82 Å². The number of halogens is 1. The molecule has 96 valence electrons. The van der Waals surface area contributed by atoms with Crippen molar-refractivity contribution in [3.8, 4) is 0 Å². The number of nitrogens with one attached hydrogen (secondary N) is 1. The lowest BCUT2D eigenvalue weighted by Gasteiger charge is -2.12. The smallest absolute Gasteiger partial charge is 0.168 e. The average molecular weight is 249 g/mol. The molecule has 0 bridgehead atoms. The van der Waals surface area contributed by atoms with Crippen LogP contribution in [0.25, 0.3) is 0 Å². The molecule has 0 aliphatic carbocycles. The molecule has 0 fully saturated rings. The molecule has 0 radical (unpaired) electrons. The summed E-state index contributed by atoms with van der Waals surface area (Å²) in [6.07, 6.45) is 0. The zero-order valence-electron chi connectivity index (χ0n) is 10.5. The molecular formula is C12H16FN5. The van der Waals surface area contributed by atoms with Crippen molar-refractivity contribution in [3.05, 3.63) is 41.5 Å². The maximum absolute atomic E-state index is 13.6. The fourth-order valence-electron chi connectivity index (χ4n) is 1.82. The van der Waals surface area contributed by atoms with Crippen LogP contribution in [0.2, 0.25) is 0 Å². The van der Waals surface area contributed by atoms with Gasteiger partial charge in [0.15, 0.2) is 5.82 Å². The summed E-state index contributed by atoms with van der Waals surface area (Å²) in [5.74, 6) is 0.468. The second-order valence-corrected chi connectivity index (χ2v) is 4.07. The van der Waals surface area contributed by atoms with Crippen LogP contribution in [-0.4, -0.2) is 26.8 Å². The van der Waals surface area contributed by atoms with Gasteiger partial charge in [-0.05, 0) is 30.0 Å². The Hall–Kier alpha value is -1.82. The van der Waals surface area contributed by atoms with E-state index in [0.29, 0.717) is 17.9 Å². The molecule has 0 spiro atoms. The highest BCUT2D eigenvalue weighted by Crippen LogP contribution is 2.12. The first-order valence-electron chi connectivity index (χ1n) is 5.95. The molecule has 1 unspecified atom stereocenters. The fraction of sp³-hybridized carbons (Fsp3) is 0.417. The Kier molecular flexibility index (Phi) is 3.99. The zero-order valence-corrected chi connectivity index (χ0v) is 10.5. The summed E-state index contributed by atoms with van der Waals surface area (Å²) in [6.45, 7) is 5.16. The van der Waals surface area contributed by atoms with Gasteiger partial charge in [0, 0.05) is 5.56 Å². The van der Waals surface area contributed by atoms with E-state index in [1.807, 2.05) is 13.8 Å². The summed E-state index contributed by atoms with van der Waals surface area (Å²) in [7, 11) is 0. The van der Waals surface area contributed by atoms with E-state index in [1.165, 1.54) is 6.07 Å². The standard InChI is InChI=1S/C12H16FN5/c1-3-14-9(2)12-15-16-17-18(12)8-10-6-4-5-7-11(10)13/h4-7,9,14H,3,8H2,1-2H3.